The number of carboxylic acid groups (broad SMARTS) is 1. The molecule has 2 heterocycles. The molecule has 0 aliphatic carbocycles. The summed E-state index contributed by atoms with van der Waals surface area (Å²) < 4.78 is 5.70. The molecule has 2 fully saturated rings. The lowest BCUT2D eigenvalue weighted by Gasteiger charge is -2.42. The van der Waals surface area contributed by atoms with E-state index in [0.29, 0.717) is 6.54 Å². The van der Waals surface area contributed by atoms with Gasteiger partial charge in [0.05, 0.1) is 12.2 Å². The molecule has 2 saturated heterocycles. The van der Waals surface area contributed by atoms with Gasteiger partial charge in [-0.05, 0) is 25.9 Å². The highest BCUT2D eigenvalue weighted by molar-refractivity contribution is 5.73. The van der Waals surface area contributed by atoms with Gasteiger partial charge in [0.2, 0.25) is 0 Å². The van der Waals surface area contributed by atoms with Crippen molar-refractivity contribution in [2.24, 2.45) is 0 Å². The van der Waals surface area contributed by atoms with Crippen molar-refractivity contribution < 1.29 is 14.6 Å². The molecule has 1 atom stereocenters. The number of hydrogen-bond donors (Lipinski definition) is 3. The molecule has 0 radical (unpaired) electrons. The van der Waals surface area contributed by atoms with E-state index in [1.165, 1.54) is 0 Å². The van der Waals surface area contributed by atoms with Gasteiger partial charge >= 0.3 is 5.97 Å². The van der Waals surface area contributed by atoms with Crippen LogP contribution in [0.5, 0.6) is 0 Å². The number of carboxylic acids is 1. The van der Waals surface area contributed by atoms with Crippen molar-refractivity contribution in [3.8, 4) is 0 Å². The number of hydrogen-bond acceptors (Lipinski definition) is 4. The second-order valence-corrected chi connectivity index (χ2v) is 4.02. The molecule has 80 valence electrons. The predicted octanol–water partition coefficient (Wildman–Crippen LogP) is -0.818. The predicted molar refractivity (Wildman–Crippen MR) is 50.2 cm³/mol. The topological polar surface area (TPSA) is 70.6 Å². The molecule has 0 saturated carbocycles. The summed E-state index contributed by atoms with van der Waals surface area (Å²) in [4.78, 5) is 10.7. The minimum absolute atomic E-state index is 0.114. The van der Waals surface area contributed by atoms with Crippen molar-refractivity contribution in [3.63, 3.8) is 0 Å². The standard InChI is InChI=1S/C9H16N2O3/c12-8(13)7-5-14-9(6-11-7)1-3-10-4-2-9/h7,10-11H,1-6H2,(H,12,13). The fraction of sp³-hybridized carbons (Fsp3) is 0.889. The molecule has 0 bridgehead atoms. The Labute approximate surface area is 82.8 Å². The van der Waals surface area contributed by atoms with Crippen LogP contribution in [0, 0.1) is 0 Å². The van der Waals surface area contributed by atoms with Gasteiger partial charge in [0.1, 0.15) is 6.04 Å². The summed E-state index contributed by atoms with van der Waals surface area (Å²) in [6.45, 7) is 2.86. The van der Waals surface area contributed by atoms with Gasteiger partial charge in [-0.25, -0.2) is 0 Å². The zero-order valence-corrected chi connectivity index (χ0v) is 8.08. The average Bonchev–Trinajstić information content (AvgIpc) is 2.19. The van der Waals surface area contributed by atoms with Crippen LogP contribution in [0.2, 0.25) is 0 Å². The Hall–Kier alpha value is -0.650. The molecule has 2 aliphatic rings. The maximum Gasteiger partial charge on any atom is 0.323 e. The summed E-state index contributed by atoms with van der Waals surface area (Å²) in [5, 5.41) is 15.1. The summed E-state index contributed by atoms with van der Waals surface area (Å²) in [6, 6.07) is -0.532. The third-order valence-electron chi connectivity index (χ3n) is 3.04. The highest BCUT2D eigenvalue weighted by atomic mass is 16.5. The lowest BCUT2D eigenvalue weighted by atomic mass is 9.90. The fourth-order valence-corrected chi connectivity index (χ4v) is 2.04. The Morgan fingerprint density at radius 1 is 1.43 bits per heavy atom. The summed E-state index contributed by atoms with van der Waals surface area (Å²) in [5.74, 6) is -0.825. The molecule has 0 amide bonds. The second kappa shape index (κ2) is 3.84. The van der Waals surface area contributed by atoms with Gasteiger partial charge in [-0.15, -0.1) is 0 Å². The number of carbonyl (C=O) groups is 1. The molecule has 0 aromatic rings. The molecule has 5 nitrogen and oxygen atoms in total. The lowest BCUT2D eigenvalue weighted by Crippen LogP contribution is -2.60. The van der Waals surface area contributed by atoms with Crippen molar-refractivity contribution in [1.82, 2.24) is 10.6 Å². The molecule has 0 aromatic carbocycles. The third-order valence-corrected chi connectivity index (χ3v) is 3.04. The van der Waals surface area contributed by atoms with E-state index in [4.69, 9.17) is 9.84 Å². The minimum atomic E-state index is -0.825. The quantitative estimate of drug-likeness (QED) is 0.516. The summed E-state index contributed by atoms with van der Waals surface area (Å²) in [5.41, 5.74) is -0.114. The number of nitrogens with one attached hydrogen (secondary N) is 2. The Morgan fingerprint density at radius 2 is 2.14 bits per heavy atom. The number of morpholine rings is 1. The van der Waals surface area contributed by atoms with Gasteiger partial charge in [-0.3, -0.25) is 10.1 Å². The summed E-state index contributed by atoms with van der Waals surface area (Å²) in [7, 11) is 0. The fourth-order valence-electron chi connectivity index (χ4n) is 2.04. The number of ether oxygens (including phenoxy) is 1. The first-order valence-corrected chi connectivity index (χ1v) is 5.03. The summed E-state index contributed by atoms with van der Waals surface area (Å²) in [6.07, 6.45) is 1.93. The SMILES string of the molecule is O=C(O)C1COC2(CCNCC2)CN1. The first-order valence-electron chi connectivity index (χ1n) is 5.03. The van der Waals surface area contributed by atoms with Crippen LogP contribution < -0.4 is 10.6 Å². The van der Waals surface area contributed by atoms with Crippen molar-refractivity contribution >= 4 is 5.97 Å². The normalized spacial score (nSPS) is 31.6. The van der Waals surface area contributed by atoms with E-state index >= 15 is 0 Å². The van der Waals surface area contributed by atoms with Gasteiger partial charge in [0, 0.05) is 6.54 Å². The highest BCUT2D eigenvalue weighted by Crippen LogP contribution is 2.25. The Kier molecular flexibility index (Phi) is 2.71. The Balaban J connectivity index is 1.90. The van der Waals surface area contributed by atoms with Crippen LogP contribution >= 0.6 is 0 Å². The molecule has 1 spiro atoms. The molecule has 14 heavy (non-hydrogen) atoms. The van der Waals surface area contributed by atoms with Crippen molar-refractivity contribution in [2.75, 3.05) is 26.2 Å². The van der Waals surface area contributed by atoms with E-state index in [1.54, 1.807) is 0 Å². The Bertz CT molecular complexity index is 216. The van der Waals surface area contributed by atoms with Crippen molar-refractivity contribution in [3.05, 3.63) is 0 Å². The highest BCUT2D eigenvalue weighted by Gasteiger charge is 2.38. The summed E-state index contributed by atoms with van der Waals surface area (Å²) >= 11 is 0. The van der Waals surface area contributed by atoms with E-state index in [2.05, 4.69) is 10.6 Å². The van der Waals surface area contributed by atoms with Crippen LogP contribution in [0.4, 0.5) is 0 Å². The monoisotopic (exact) mass is 200 g/mol. The van der Waals surface area contributed by atoms with Gasteiger partial charge < -0.3 is 15.2 Å². The van der Waals surface area contributed by atoms with Gasteiger partial charge in [0.25, 0.3) is 0 Å². The van der Waals surface area contributed by atoms with E-state index < -0.39 is 12.0 Å². The number of rotatable bonds is 1. The van der Waals surface area contributed by atoms with Gasteiger partial charge in [0.15, 0.2) is 0 Å². The van der Waals surface area contributed by atoms with Gasteiger partial charge in [-0.2, -0.15) is 0 Å². The first-order chi connectivity index (χ1) is 6.72. The minimum Gasteiger partial charge on any atom is -0.480 e. The van der Waals surface area contributed by atoms with Crippen LogP contribution in [-0.2, 0) is 9.53 Å². The molecule has 1 unspecified atom stereocenters. The van der Waals surface area contributed by atoms with Crippen LogP contribution in [0.15, 0.2) is 0 Å². The number of piperidine rings is 1. The van der Waals surface area contributed by atoms with Crippen LogP contribution in [-0.4, -0.2) is 49.0 Å². The molecular formula is C9H16N2O3. The van der Waals surface area contributed by atoms with E-state index in [9.17, 15) is 4.79 Å². The Morgan fingerprint density at radius 3 is 2.64 bits per heavy atom. The second-order valence-electron chi connectivity index (χ2n) is 4.02. The maximum absolute atomic E-state index is 10.7. The van der Waals surface area contributed by atoms with Gasteiger partial charge in [-0.1, -0.05) is 0 Å². The van der Waals surface area contributed by atoms with Crippen molar-refractivity contribution in [1.29, 1.82) is 0 Å². The van der Waals surface area contributed by atoms with Crippen LogP contribution in [0.3, 0.4) is 0 Å². The molecular weight excluding hydrogens is 184 g/mol. The molecule has 3 N–H and O–H groups in total. The van der Waals surface area contributed by atoms with Crippen LogP contribution in [0.1, 0.15) is 12.8 Å². The maximum atomic E-state index is 10.7. The van der Waals surface area contributed by atoms with Crippen molar-refractivity contribution in [2.45, 2.75) is 24.5 Å². The number of aliphatic carboxylic acids is 1. The lowest BCUT2D eigenvalue weighted by molar-refractivity contribution is -0.151. The zero-order chi connectivity index (χ0) is 10.0. The first kappa shape index (κ1) is 9.89. The van der Waals surface area contributed by atoms with E-state index in [1.807, 2.05) is 0 Å². The smallest absolute Gasteiger partial charge is 0.323 e. The van der Waals surface area contributed by atoms with Crippen LogP contribution in [0.25, 0.3) is 0 Å². The van der Waals surface area contributed by atoms with E-state index in [-0.39, 0.29) is 12.2 Å². The zero-order valence-electron chi connectivity index (χ0n) is 8.08. The molecule has 0 aromatic heterocycles. The molecule has 2 aliphatic heterocycles. The van der Waals surface area contributed by atoms with E-state index in [0.717, 1.165) is 25.9 Å². The largest absolute Gasteiger partial charge is 0.480 e. The third kappa shape index (κ3) is 1.89. The molecule has 2 rings (SSSR count). The average molecular weight is 200 g/mol. The molecule has 5 heteroatoms.